The van der Waals surface area contributed by atoms with Gasteiger partial charge in [-0.15, -0.1) is 11.3 Å². The van der Waals surface area contributed by atoms with Crippen LogP contribution in [-0.2, 0) is 0 Å². The van der Waals surface area contributed by atoms with Crippen molar-refractivity contribution < 1.29 is 0 Å². The van der Waals surface area contributed by atoms with Crippen molar-refractivity contribution in [3.05, 3.63) is 30.0 Å². The van der Waals surface area contributed by atoms with Crippen LogP contribution in [0.15, 0.2) is 24.3 Å². The van der Waals surface area contributed by atoms with Crippen LogP contribution < -0.4 is 10.2 Å². The molecule has 148 valence electrons. The van der Waals surface area contributed by atoms with E-state index in [9.17, 15) is 0 Å². The lowest BCUT2D eigenvalue weighted by Gasteiger charge is -2.26. The first-order valence-corrected chi connectivity index (χ1v) is 10.9. The van der Waals surface area contributed by atoms with E-state index >= 15 is 0 Å². The molecule has 1 N–H and O–H groups in total. The van der Waals surface area contributed by atoms with Gasteiger partial charge in [-0.1, -0.05) is 32.9 Å². The minimum absolute atomic E-state index is 0.171. The topological polar surface area (TPSA) is 53.9 Å². The molecule has 1 atom stereocenters. The Morgan fingerprint density at radius 3 is 2.64 bits per heavy atom. The normalized spacial score (nSPS) is 17.5. The Morgan fingerprint density at radius 1 is 1.18 bits per heavy atom. The van der Waals surface area contributed by atoms with Gasteiger partial charge < -0.3 is 10.2 Å². The maximum Gasteiger partial charge on any atom is 0.224 e. The molecule has 0 radical (unpaired) electrons. The number of benzene rings is 1. The van der Waals surface area contributed by atoms with E-state index in [1.807, 2.05) is 6.07 Å². The maximum absolute atomic E-state index is 4.99. The lowest BCUT2D eigenvalue weighted by Crippen LogP contribution is -2.29. The van der Waals surface area contributed by atoms with Gasteiger partial charge in [-0.05, 0) is 44.2 Å². The molecule has 1 saturated heterocycles. The number of nitrogens with one attached hydrogen (secondary N) is 1. The first-order valence-electron chi connectivity index (χ1n) is 10.1. The van der Waals surface area contributed by atoms with E-state index in [2.05, 4.69) is 63.0 Å². The number of hydrogen-bond donors (Lipinski definition) is 1. The molecule has 1 aromatic carbocycles. The molecule has 0 saturated carbocycles. The zero-order valence-corrected chi connectivity index (χ0v) is 18.2. The third-order valence-electron chi connectivity index (χ3n) is 5.18. The van der Waals surface area contributed by atoms with Crippen LogP contribution in [0, 0.1) is 12.3 Å². The van der Waals surface area contributed by atoms with E-state index in [1.54, 1.807) is 11.3 Å². The average Bonchev–Trinajstić information content (AvgIpc) is 3.24. The SMILES string of the molecule is Cc1nc(NCC(C)(C)C)nc(N2CCCC2C)c1-c1nc2ccccc2s1. The van der Waals surface area contributed by atoms with Crippen LogP contribution in [0.2, 0.25) is 0 Å². The molecule has 0 aliphatic carbocycles. The van der Waals surface area contributed by atoms with E-state index in [-0.39, 0.29) is 5.41 Å². The number of fused-ring (bicyclic) bond motifs is 1. The minimum Gasteiger partial charge on any atom is -0.354 e. The van der Waals surface area contributed by atoms with Gasteiger partial charge in [0, 0.05) is 19.1 Å². The summed E-state index contributed by atoms with van der Waals surface area (Å²) >= 11 is 1.72. The molecule has 0 spiro atoms. The van der Waals surface area contributed by atoms with Crippen LogP contribution in [-0.4, -0.2) is 34.1 Å². The van der Waals surface area contributed by atoms with E-state index < -0.39 is 0 Å². The van der Waals surface area contributed by atoms with Crippen molar-refractivity contribution in [1.82, 2.24) is 15.0 Å². The number of para-hydroxylation sites is 1. The summed E-state index contributed by atoms with van der Waals surface area (Å²) in [6, 6.07) is 8.79. The molecule has 1 aliphatic heterocycles. The number of hydrogen-bond acceptors (Lipinski definition) is 6. The molecule has 0 bridgehead atoms. The second-order valence-corrected chi connectivity index (χ2v) is 9.95. The average molecular weight is 396 g/mol. The van der Waals surface area contributed by atoms with Gasteiger partial charge in [-0.3, -0.25) is 0 Å². The van der Waals surface area contributed by atoms with Crippen LogP contribution in [0.3, 0.4) is 0 Å². The Hall–Kier alpha value is -2.21. The minimum atomic E-state index is 0.171. The first-order chi connectivity index (χ1) is 13.3. The van der Waals surface area contributed by atoms with Crippen molar-refractivity contribution in [3.8, 4) is 10.6 Å². The molecule has 1 aliphatic rings. The number of aromatic nitrogens is 3. The van der Waals surface area contributed by atoms with Gasteiger partial charge in [0.2, 0.25) is 5.95 Å². The van der Waals surface area contributed by atoms with Gasteiger partial charge >= 0.3 is 0 Å². The summed E-state index contributed by atoms with van der Waals surface area (Å²) < 4.78 is 1.20. The molecule has 1 unspecified atom stereocenters. The van der Waals surface area contributed by atoms with Crippen molar-refractivity contribution in [3.63, 3.8) is 0 Å². The van der Waals surface area contributed by atoms with E-state index in [4.69, 9.17) is 15.0 Å². The second kappa shape index (κ2) is 7.32. The van der Waals surface area contributed by atoms with Gasteiger partial charge in [0.15, 0.2) is 0 Å². The van der Waals surface area contributed by atoms with Gasteiger partial charge in [0.05, 0.1) is 21.5 Å². The van der Waals surface area contributed by atoms with E-state index in [0.717, 1.165) is 40.7 Å². The van der Waals surface area contributed by atoms with Crippen molar-refractivity contribution in [2.24, 2.45) is 5.41 Å². The Balaban J connectivity index is 1.81. The van der Waals surface area contributed by atoms with Gasteiger partial charge in [0.1, 0.15) is 10.8 Å². The van der Waals surface area contributed by atoms with Crippen molar-refractivity contribution in [2.45, 2.75) is 53.5 Å². The Kier molecular flexibility index (Phi) is 5.00. The smallest absolute Gasteiger partial charge is 0.224 e. The van der Waals surface area contributed by atoms with Crippen LogP contribution in [0.4, 0.5) is 11.8 Å². The molecule has 0 amide bonds. The largest absolute Gasteiger partial charge is 0.354 e. The summed E-state index contributed by atoms with van der Waals surface area (Å²) in [5, 5.41) is 4.45. The number of rotatable bonds is 4. The fraction of sp³-hybridized carbons (Fsp3) is 0.500. The highest BCUT2D eigenvalue weighted by Gasteiger charge is 2.28. The van der Waals surface area contributed by atoms with Crippen LogP contribution in [0.1, 0.15) is 46.2 Å². The van der Waals surface area contributed by atoms with E-state index in [0.29, 0.717) is 12.0 Å². The Morgan fingerprint density at radius 2 is 1.96 bits per heavy atom. The van der Waals surface area contributed by atoms with E-state index in [1.165, 1.54) is 17.5 Å². The number of anilines is 2. The highest BCUT2D eigenvalue weighted by atomic mass is 32.1. The molecular formula is C22H29N5S. The van der Waals surface area contributed by atoms with Crippen LogP contribution >= 0.6 is 11.3 Å². The van der Waals surface area contributed by atoms with Crippen molar-refractivity contribution in [2.75, 3.05) is 23.3 Å². The molecule has 1 fully saturated rings. The molecule has 28 heavy (non-hydrogen) atoms. The first kappa shape index (κ1) is 19.1. The number of aryl methyl sites for hydroxylation is 1. The predicted octanol–water partition coefficient (Wildman–Crippen LogP) is 5.51. The fourth-order valence-corrected chi connectivity index (χ4v) is 4.72. The number of thiazole rings is 1. The van der Waals surface area contributed by atoms with Gasteiger partial charge in [-0.25, -0.2) is 9.97 Å². The van der Waals surface area contributed by atoms with Crippen LogP contribution in [0.25, 0.3) is 20.8 Å². The summed E-state index contributed by atoms with van der Waals surface area (Å²) in [6.07, 6.45) is 2.40. The zero-order valence-electron chi connectivity index (χ0n) is 17.4. The molecule has 5 nitrogen and oxygen atoms in total. The molecular weight excluding hydrogens is 366 g/mol. The second-order valence-electron chi connectivity index (χ2n) is 8.92. The Bertz CT molecular complexity index is 955. The summed E-state index contributed by atoms with van der Waals surface area (Å²) in [7, 11) is 0. The van der Waals surface area contributed by atoms with Crippen molar-refractivity contribution >= 4 is 33.3 Å². The third-order valence-corrected chi connectivity index (χ3v) is 6.23. The summed E-state index contributed by atoms with van der Waals surface area (Å²) in [5.41, 5.74) is 3.28. The Labute approximate surface area is 171 Å². The lowest BCUT2D eigenvalue weighted by molar-refractivity contribution is 0.441. The number of nitrogens with zero attached hydrogens (tertiary/aromatic N) is 4. The summed E-state index contributed by atoms with van der Waals surface area (Å²) in [5.74, 6) is 1.74. The third kappa shape index (κ3) is 3.83. The van der Waals surface area contributed by atoms with Crippen molar-refractivity contribution in [1.29, 1.82) is 0 Å². The maximum atomic E-state index is 4.99. The van der Waals surface area contributed by atoms with Crippen LogP contribution in [0.5, 0.6) is 0 Å². The fourth-order valence-electron chi connectivity index (χ4n) is 3.67. The molecule has 2 aromatic heterocycles. The molecule has 4 rings (SSSR count). The standard InChI is InChI=1S/C22H29N5S/c1-14-9-8-12-27(14)19-18(20-25-16-10-6-7-11-17(16)28-20)15(2)24-21(26-19)23-13-22(3,4)5/h6-7,10-11,14H,8-9,12-13H2,1-5H3,(H,23,24,26). The zero-order chi connectivity index (χ0) is 19.9. The highest BCUT2D eigenvalue weighted by Crippen LogP contribution is 2.39. The molecule has 6 heteroatoms. The highest BCUT2D eigenvalue weighted by molar-refractivity contribution is 7.21. The summed E-state index contributed by atoms with van der Waals surface area (Å²) in [6.45, 7) is 12.9. The van der Waals surface area contributed by atoms with Gasteiger partial charge in [-0.2, -0.15) is 4.98 Å². The summed E-state index contributed by atoms with van der Waals surface area (Å²) in [4.78, 5) is 17.1. The van der Waals surface area contributed by atoms with Gasteiger partial charge in [0.25, 0.3) is 0 Å². The molecule has 3 aromatic rings. The lowest BCUT2D eigenvalue weighted by atomic mass is 9.97. The molecule has 3 heterocycles. The monoisotopic (exact) mass is 395 g/mol. The predicted molar refractivity (Wildman–Crippen MR) is 119 cm³/mol. The quantitative estimate of drug-likeness (QED) is 0.631.